The molecule has 1 saturated heterocycles. The molecule has 0 radical (unpaired) electrons. The van der Waals surface area contributed by atoms with Crippen molar-refractivity contribution in [2.24, 2.45) is 0 Å². The van der Waals surface area contributed by atoms with Gasteiger partial charge >= 0.3 is 6.09 Å². The molecule has 1 aliphatic heterocycles. The maximum absolute atomic E-state index is 12.4. The van der Waals surface area contributed by atoms with E-state index in [0.29, 0.717) is 12.1 Å². The topological polar surface area (TPSA) is 70.0 Å². The number of β-amino-alcohol motifs (C(OH)–C–C–N with tert-alkyl or cyclic N) is 1. The van der Waals surface area contributed by atoms with Gasteiger partial charge in [0.15, 0.2) is 0 Å². The summed E-state index contributed by atoms with van der Waals surface area (Å²) >= 11 is 0. The molecule has 2 aromatic carbocycles. The Bertz CT molecular complexity index is 717. The summed E-state index contributed by atoms with van der Waals surface area (Å²) in [5.41, 5.74) is -1.39. The number of amides is 1. The lowest BCUT2D eigenvalue weighted by molar-refractivity contribution is -0.182. The molecule has 1 fully saturated rings. The van der Waals surface area contributed by atoms with Crippen LogP contribution in [0.4, 0.5) is 4.79 Å². The van der Waals surface area contributed by atoms with Crippen molar-refractivity contribution >= 4 is 6.09 Å². The third-order valence-electron chi connectivity index (χ3n) is 4.89. The van der Waals surface area contributed by atoms with Gasteiger partial charge in [-0.3, -0.25) is 0 Å². The molecule has 0 saturated carbocycles. The standard InChI is InChI=1S/C20H23NO4/c1-19(23)12-13-21(15-20(19,24)17-10-6-3-7-11-17)18(22)25-14-16-8-4-2-5-9-16/h2-11,23-24H,12-15H2,1H3/t19-,20-/m1/s1. The summed E-state index contributed by atoms with van der Waals surface area (Å²) in [6, 6.07) is 18.4. The number of rotatable bonds is 3. The molecule has 1 aliphatic rings. The zero-order valence-corrected chi connectivity index (χ0v) is 14.3. The quantitative estimate of drug-likeness (QED) is 0.900. The molecule has 25 heavy (non-hydrogen) atoms. The highest BCUT2D eigenvalue weighted by molar-refractivity contribution is 5.68. The van der Waals surface area contributed by atoms with E-state index in [1.807, 2.05) is 36.4 Å². The number of aliphatic hydroxyl groups is 2. The number of benzene rings is 2. The zero-order chi connectivity index (χ0) is 17.9. The summed E-state index contributed by atoms with van der Waals surface area (Å²) < 4.78 is 5.36. The Kier molecular flexibility index (Phi) is 4.79. The summed E-state index contributed by atoms with van der Waals surface area (Å²) in [5.74, 6) is 0. The fraction of sp³-hybridized carbons (Fsp3) is 0.350. The number of hydrogen-bond acceptors (Lipinski definition) is 4. The Morgan fingerprint density at radius 3 is 2.32 bits per heavy atom. The highest BCUT2D eigenvalue weighted by atomic mass is 16.6. The van der Waals surface area contributed by atoms with Crippen molar-refractivity contribution in [1.82, 2.24) is 4.90 Å². The molecule has 1 amide bonds. The van der Waals surface area contributed by atoms with Gasteiger partial charge in [0.1, 0.15) is 12.2 Å². The van der Waals surface area contributed by atoms with Crippen LogP contribution in [0.25, 0.3) is 0 Å². The molecule has 0 unspecified atom stereocenters. The number of piperidine rings is 1. The molecule has 0 aliphatic carbocycles. The number of carbonyl (C=O) groups excluding carboxylic acids is 1. The molecule has 132 valence electrons. The third kappa shape index (κ3) is 3.52. The number of ether oxygens (including phenoxy) is 1. The minimum Gasteiger partial charge on any atom is -0.445 e. The Morgan fingerprint density at radius 1 is 1.08 bits per heavy atom. The van der Waals surface area contributed by atoms with Crippen molar-refractivity contribution in [3.63, 3.8) is 0 Å². The lowest BCUT2D eigenvalue weighted by Gasteiger charge is -2.48. The molecule has 2 N–H and O–H groups in total. The molecule has 0 spiro atoms. The van der Waals surface area contributed by atoms with Crippen molar-refractivity contribution < 1.29 is 19.7 Å². The van der Waals surface area contributed by atoms with Crippen LogP contribution in [0, 0.1) is 0 Å². The fourth-order valence-electron chi connectivity index (χ4n) is 3.17. The average Bonchev–Trinajstić information content (AvgIpc) is 2.63. The Morgan fingerprint density at radius 2 is 1.68 bits per heavy atom. The third-order valence-corrected chi connectivity index (χ3v) is 4.89. The summed E-state index contributed by atoms with van der Waals surface area (Å²) in [4.78, 5) is 13.9. The molecule has 5 nitrogen and oxygen atoms in total. The van der Waals surface area contributed by atoms with Gasteiger partial charge in [-0.15, -0.1) is 0 Å². The molecule has 3 rings (SSSR count). The van der Waals surface area contributed by atoms with Crippen LogP contribution < -0.4 is 0 Å². The van der Waals surface area contributed by atoms with Gasteiger partial charge in [-0.05, 0) is 24.5 Å². The number of nitrogens with zero attached hydrogens (tertiary/aromatic N) is 1. The van der Waals surface area contributed by atoms with E-state index in [0.717, 1.165) is 5.56 Å². The molecule has 5 heteroatoms. The molecule has 0 aromatic heterocycles. The van der Waals surface area contributed by atoms with Crippen molar-refractivity contribution in [3.05, 3.63) is 71.8 Å². The molecule has 0 bridgehead atoms. The second kappa shape index (κ2) is 6.86. The SMILES string of the molecule is C[C@@]1(O)CCN(C(=O)OCc2ccccc2)C[C@@]1(O)c1ccccc1. The van der Waals surface area contributed by atoms with Crippen LogP contribution in [0.1, 0.15) is 24.5 Å². The first-order valence-corrected chi connectivity index (χ1v) is 8.38. The van der Waals surface area contributed by atoms with Gasteiger partial charge in [-0.1, -0.05) is 60.7 Å². The van der Waals surface area contributed by atoms with Gasteiger partial charge < -0.3 is 19.8 Å². The summed E-state index contributed by atoms with van der Waals surface area (Å²) in [6.45, 7) is 2.09. The highest BCUT2D eigenvalue weighted by Gasteiger charge is 2.52. The van der Waals surface area contributed by atoms with Crippen LogP contribution in [0.2, 0.25) is 0 Å². The first-order chi connectivity index (χ1) is 11.9. The summed E-state index contributed by atoms with van der Waals surface area (Å²) in [7, 11) is 0. The smallest absolute Gasteiger partial charge is 0.410 e. The second-order valence-electron chi connectivity index (χ2n) is 6.71. The van der Waals surface area contributed by atoms with E-state index in [4.69, 9.17) is 4.74 Å². The van der Waals surface area contributed by atoms with Crippen molar-refractivity contribution in [2.75, 3.05) is 13.1 Å². The average molecular weight is 341 g/mol. The van der Waals surface area contributed by atoms with Crippen LogP contribution in [-0.4, -0.2) is 39.9 Å². The molecular weight excluding hydrogens is 318 g/mol. The number of likely N-dealkylation sites (tertiary alicyclic amines) is 1. The van der Waals surface area contributed by atoms with Crippen molar-refractivity contribution in [2.45, 2.75) is 31.2 Å². The van der Waals surface area contributed by atoms with Gasteiger partial charge in [-0.25, -0.2) is 4.79 Å². The van der Waals surface area contributed by atoms with Gasteiger partial charge in [0.25, 0.3) is 0 Å². The van der Waals surface area contributed by atoms with E-state index >= 15 is 0 Å². The van der Waals surface area contributed by atoms with Crippen LogP contribution in [0.5, 0.6) is 0 Å². The normalized spacial score (nSPS) is 26.3. The van der Waals surface area contributed by atoms with E-state index < -0.39 is 17.3 Å². The Balaban J connectivity index is 1.73. The number of hydrogen-bond donors (Lipinski definition) is 2. The first-order valence-electron chi connectivity index (χ1n) is 8.38. The predicted octanol–water partition coefficient (Wildman–Crippen LogP) is 2.67. The summed E-state index contributed by atoms with van der Waals surface area (Å²) in [6.07, 6.45) is -0.229. The van der Waals surface area contributed by atoms with Gasteiger partial charge in [0.2, 0.25) is 0 Å². The van der Waals surface area contributed by atoms with Crippen LogP contribution in [-0.2, 0) is 16.9 Å². The predicted molar refractivity (Wildman–Crippen MR) is 93.8 cm³/mol. The summed E-state index contributed by atoms with van der Waals surface area (Å²) in [5, 5.41) is 21.9. The van der Waals surface area contributed by atoms with Gasteiger partial charge in [0, 0.05) is 6.54 Å². The lowest BCUT2D eigenvalue weighted by atomic mass is 9.74. The van der Waals surface area contributed by atoms with E-state index in [-0.39, 0.29) is 19.6 Å². The van der Waals surface area contributed by atoms with Crippen molar-refractivity contribution in [1.29, 1.82) is 0 Å². The Labute approximate surface area is 147 Å². The molecular formula is C20H23NO4. The Hall–Kier alpha value is -2.37. The molecule has 2 atom stereocenters. The van der Waals surface area contributed by atoms with E-state index in [9.17, 15) is 15.0 Å². The van der Waals surface area contributed by atoms with E-state index in [1.165, 1.54) is 4.90 Å². The molecule has 1 heterocycles. The van der Waals surface area contributed by atoms with Gasteiger partial charge in [-0.2, -0.15) is 0 Å². The monoisotopic (exact) mass is 341 g/mol. The molecule has 2 aromatic rings. The van der Waals surface area contributed by atoms with Crippen molar-refractivity contribution in [3.8, 4) is 0 Å². The van der Waals surface area contributed by atoms with Gasteiger partial charge in [0.05, 0.1) is 12.1 Å². The second-order valence-corrected chi connectivity index (χ2v) is 6.71. The largest absolute Gasteiger partial charge is 0.445 e. The minimum atomic E-state index is -1.54. The zero-order valence-electron chi connectivity index (χ0n) is 14.3. The highest BCUT2D eigenvalue weighted by Crippen LogP contribution is 2.39. The van der Waals surface area contributed by atoms with Crippen LogP contribution in [0.3, 0.4) is 0 Å². The fourth-order valence-corrected chi connectivity index (χ4v) is 3.17. The lowest BCUT2D eigenvalue weighted by Crippen LogP contribution is -2.62. The maximum atomic E-state index is 12.4. The number of carbonyl (C=O) groups is 1. The maximum Gasteiger partial charge on any atom is 0.410 e. The van der Waals surface area contributed by atoms with E-state index in [2.05, 4.69) is 0 Å². The van der Waals surface area contributed by atoms with Crippen LogP contribution >= 0.6 is 0 Å². The van der Waals surface area contributed by atoms with E-state index in [1.54, 1.807) is 31.2 Å². The minimum absolute atomic E-state index is 0.0162. The first kappa shape index (κ1) is 17.5. The van der Waals surface area contributed by atoms with Crippen LogP contribution in [0.15, 0.2) is 60.7 Å².